The molecule has 0 unspecified atom stereocenters. The lowest BCUT2D eigenvalue weighted by Crippen LogP contribution is -2.37. The Labute approximate surface area is 200 Å². The van der Waals surface area contributed by atoms with Crippen molar-refractivity contribution in [3.8, 4) is 10.6 Å². The molecule has 0 radical (unpaired) electrons. The van der Waals surface area contributed by atoms with E-state index in [0.717, 1.165) is 22.6 Å². The summed E-state index contributed by atoms with van der Waals surface area (Å²) in [4.78, 5) is 27.3. The molecule has 2 aromatic carbocycles. The quantitative estimate of drug-likeness (QED) is 0.463. The Hall–Kier alpha value is -3.06. The largest absolute Gasteiger partial charge is 0.342 e. The van der Waals surface area contributed by atoms with E-state index in [2.05, 4.69) is 27.6 Å². The van der Waals surface area contributed by atoms with E-state index < -0.39 is 0 Å². The molecule has 0 fully saturated rings. The van der Waals surface area contributed by atoms with Crippen LogP contribution in [-0.2, 0) is 16.0 Å². The van der Waals surface area contributed by atoms with Crippen LogP contribution in [0.15, 0.2) is 54.6 Å². The number of hydrogen-bond acceptors (Lipinski definition) is 5. The van der Waals surface area contributed by atoms with Crippen LogP contribution in [0.3, 0.4) is 0 Å². The average molecular weight is 465 g/mol. The SMILES string of the molecule is Cc1cccc(-c2nnc(NC(=O)CCN(CCc3ccccc3)C(=O)CC(C)(C)C)s2)c1. The summed E-state index contributed by atoms with van der Waals surface area (Å²) in [5.41, 5.74) is 3.19. The number of anilines is 1. The Bertz CT molecular complexity index is 1070. The van der Waals surface area contributed by atoms with Gasteiger partial charge < -0.3 is 10.2 Å². The molecule has 7 heteroatoms. The molecular formula is C26H32N4O2S. The van der Waals surface area contributed by atoms with Crippen molar-refractivity contribution in [2.24, 2.45) is 5.41 Å². The highest BCUT2D eigenvalue weighted by Gasteiger charge is 2.22. The van der Waals surface area contributed by atoms with E-state index >= 15 is 0 Å². The molecule has 0 saturated heterocycles. The third-order valence-corrected chi connectivity index (χ3v) is 5.98. The molecule has 0 bridgehead atoms. The lowest BCUT2D eigenvalue weighted by Gasteiger charge is -2.26. The zero-order valence-corrected chi connectivity index (χ0v) is 20.6. The minimum atomic E-state index is -0.171. The third kappa shape index (κ3) is 8.09. The van der Waals surface area contributed by atoms with Crippen LogP contribution in [0.1, 0.15) is 44.7 Å². The first-order chi connectivity index (χ1) is 15.7. The number of hydrogen-bond donors (Lipinski definition) is 1. The van der Waals surface area contributed by atoms with Gasteiger partial charge in [-0.15, -0.1) is 10.2 Å². The van der Waals surface area contributed by atoms with Crippen molar-refractivity contribution in [3.63, 3.8) is 0 Å². The van der Waals surface area contributed by atoms with Gasteiger partial charge in [0.25, 0.3) is 0 Å². The van der Waals surface area contributed by atoms with Gasteiger partial charge >= 0.3 is 0 Å². The first-order valence-corrected chi connectivity index (χ1v) is 12.0. The average Bonchev–Trinajstić information content (AvgIpc) is 3.21. The summed E-state index contributed by atoms with van der Waals surface area (Å²) in [6, 6.07) is 18.1. The van der Waals surface area contributed by atoms with Crippen LogP contribution in [0, 0.1) is 12.3 Å². The highest BCUT2D eigenvalue weighted by Crippen LogP contribution is 2.27. The van der Waals surface area contributed by atoms with Crippen molar-refractivity contribution >= 4 is 28.3 Å². The zero-order valence-electron chi connectivity index (χ0n) is 19.8. The Morgan fingerprint density at radius 3 is 2.45 bits per heavy atom. The van der Waals surface area contributed by atoms with E-state index in [-0.39, 0.29) is 23.7 Å². The van der Waals surface area contributed by atoms with Crippen molar-refractivity contribution in [3.05, 3.63) is 65.7 Å². The van der Waals surface area contributed by atoms with Gasteiger partial charge in [-0.25, -0.2) is 0 Å². The summed E-state index contributed by atoms with van der Waals surface area (Å²) in [6.07, 6.45) is 1.41. The molecule has 1 aromatic heterocycles. The van der Waals surface area contributed by atoms with Crippen LogP contribution in [0.5, 0.6) is 0 Å². The normalized spacial score (nSPS) is 11.3. The maximum atomic E-state index is 12.9. The van der Waals surface area contributed by atoms with Crippen molar-refractivity contribution in [1.82, 2.24) is 15.1 Å². The first kappa shape index (κ1) is 24.6. The van der Waals surface area contributed by atoms with Crippen molar-refractivity contribution in [1.29, 1.82) is 0 Å². The van der Waals surface area contributed by atoms with E-state index in [9.17, 15) is 9.59 Å². The number of carbonyl (C=O) groups is 2. The molecule has 0 atom stereocenters. The van der Waals surface area contributed by atoms with Crippen molar-refractivity contribution in [2.75, 3.05) is 18.4 Å². The Morgan fingerprint density at radius 2 is 1.76 bits per heavy atom. The predicted octanol–water partition coefficient (Wildman–Crippen LogP) is 5.35. The van der Waals surface area contributed by atoms with Gasteiger partial charge in [-0.05, 0) is 30.4 Å². The summed E-state index contributed by atoms with van der Waals surface area (Å²) in [5, 5.41) is 12.4. The Kier molecular flexibility index (Phi) is 8.33. The van der Waals surface area contributed by atoms with Crippen LogP contribution in [0.25, 0.3) is 10.6 Å². The second-order valence-electron chi connectivity index (χ2n) is 9.43. The van der Waals surface area contributed by atoms with Crippen LogP contribution in [-0.4, -0.2) is 40.0 Å². The number of benzene rings is 2. The smallest absolute Gasteiger partial charge is 0.227 e. The number of nitrogens with one attached hydrogen (secondary N) is 1. The Morgan fingerprint density at radius 1 is 1.00 bits per heavy atom. The summed E-state index contributed by atoms with van der Waals surface area (Å²) >= 11 is 1.34. The molecule has 0 spiro atoms. The number of carbonyl (C=O) groups excluding carboxylic acids is 2. The molecule has 174 valence electrons. The van der Waals surface area contributed by atoms with Gasteiger partial charge in [-0.2, -0.15) is 0 Å². The summed E-state index contributed by atoms with van der Waals surface area (Å²) in [7, 11) is 0. The van der Waals surface area contributed by atoms with Gasteiger partial charge in [0.15, 0.2) is 0 Å². The molecule has 0 aliphatic rings. The maximum Gasteiger partial charge on any atom is 0.227 e. The second kappa shape index (κ2) is 11.2. The Balaban J connectivity index is 1.58. The fourth-order valence-corrected chi connectivity index (χ4v) is 4.18. The lowest BCUT2D eigenvalue weighted by molar-refractivity contribution is -0.133. The summed E-state index contributed by atoms with van der Waals surface area (Å²) in [5.74, 6) is -0.0981. The molecule has 2 amide bonds. The third-order valence-electron chi connectivity index (χ3n) is 5.09. The molecule has 33 heavy (non-hydrogen) atoms. The van der Waals surface area contributed by atoms with Gasteiger partial charge in [0.2, 0.25) is 16.9 Å². The van der Waals surface area contributed by atoms with E-state index in [1.54, 1.807) is 4.90 Å². The van der Waals surface area contributed by atoms with Crippen LogP contribution >= 0.6 is 11.3 Å². The molecule has 1 heterocycles. The van der Waals surface area contributed by atoms with Gasteiger partial charge in [-0.3, -0.25) is 9.59 Å². The summed E-state index contributed by atoms with van der Waals surface area (Å²) in [6.45, 7) is 9.13. The first-order valence-electron chi connectivity index (χ1n) is 11.2. The lowest BCUT2D eigenvalue weighted by atomic mass is 9.91. The number of aryl methyl sites for hydroxylation is 1. The molecule has 0 aliphatic carbocycles. The molecule has 0 saturated carbocycles. The van der Waals surface area contributed by atoms with Gasteiger partial charge in [-0.1, -0.05) is 86.2 Å². The van der Waals surface area contributed by atoms with Gasteiger partial charge in [0.05, 0.1) is 0 Å². The number of rotatable bonds is 9. The highest BCUT2D eigenvalue weighted by atomic mass is 32.1. The highest BCUT2D eigenvalue weighted by molar-refractivity contribution is 7.18. The van der Waals surface area contributed by atoms with Crippen molar-refractivity contribution < 1.29 is 9.59 Å². The molecule has 6 nitrogen and oxygen atoms in total. The summed E-state index contributed by atoms with van der Waals surface area (Å²) < 4.78 is 0. The minimum absolute atomic E-state index is 0.0730. The fraction of sp³-hybridized carbons (Fsp3) is 0.385. The second-order valence-corrected chi connectivity index (χ2v) is 10.4. The number of amides is 2. The number of nitrogens with zero attached hydrogens (tertiary/aromatic N) is 3. The monoisotopic (exact) mass is 464 g/mol. The van der Waals surface area contributed by atoms with Crippen LogP contribution in [0.2, 0.25) is 0 Å². The zero-order chi connectivity index (χ0) is 23.8. The number of aromatic nitrogens is 2. The van der Waals surface area contributed by atoms with E-state index in [1.807, 2.05) is 70.2 Å². The predicted molar refractivity (Wildman–Crippen MR) is 134 cm³/mol. The van der Waals surface area contributed by atoms with Crippen LogP contribution < -0.4 is 5.32 Å². The topological polar surface area (TPSA) is 75.2 Å². The molecule has 3 aromatic rings. The van der Waals surface area contributed by atoms with Crippen molar-refractivity contribution in [2.45, 2.75) is 47.0 Å². The molecule has 0 aliphatic heterocycles. The molecule has 1 N–H and O–H groups in total. The maximum absolute atomic E-state index is 12.9. The van der Waals surface area contributed by atoms with E-state index in [4.69, 9.17) is 0 Å². The molecule has 3 rings (SSSR count). The fourth-order valence-electron chi connectivity index (χ4n) is 3.42. The van der Waals surface area contributed by atoms with Crippen LogP contribution in [0.4, 0.5) is 5.13 Å². The standard InChI is InChI=1S/C26H32N4O2S/c1-19-9-8-12-21(17-19)24-28-29-25(33-24)27-22(31)14-16-30(23(32)18-26(2,3)4)15-13-20-10-6-5-7-11-20/h5-12,17H,13-16,18H2,1-4H3,(H,27,29,31). The molecular weight excluding hydrogens is 432 g/mol. The van der Waals surface area contributed by atoms with E-state index in [1.165, 1.54) is 16.9 Å². The van der Waals surface area contributed by atoms with Gasteiger partial charge in [0.1, 0.15) is 5.01 Å². The van der Waals surface area contributed by atoms with Gasteiger partial charge in [0, 0.05) is 31.5 Å². The van der Waals surface area contributed by atoms with E-state index in [0.29, 0.717) is 24.6 Å². The minimum Gasteiger partial charge on any atom is -0.342 e.